The van der Waals surface area contributed by atoms with Gasteiger partial charge >= 0.3 is 0 Å². The number of likely N-dealkylation sites (tertiary alicyclic amines) is 1. The van der Waals surface area contributed by atoms with Crippen LogP contribution in [0.1, 0.15) is 63.5 Å². The van der Waals surface area contributed by atoms with Gasteiger partial charge in [-0.15, -0.1) is 0 Å². The Morgan fingerprint density at radius 1 is 1.00 bits per heavy atom. The lowest BCUT2D eigenvalue weighted by Crippen LogP contribution is -2.27. The highest BCUT2D eigenvalue weighted by molar-refractivity contribution is 6.09. The molecular weight excluding hydrogens is 390 g/mol. The molecule has 31 heavy (non-hydrogen) atoms. The van der Waals surface area contributed by atoms with Gasteiger partial charge in [-0.25, -0.2) is 5.43 Å². The normalized spacial score (nSPS) is 17.2. The van der Waals surface area contributed by atoms with Crippen LogP contribution in [0.15, 0.2) is 52.0 Å². The average molecular weight is 415 g/mol. The molecule has 0 spiro atoms. The monoisotopic (exact) mass is 415 g/mol. The summed E-state index contributed by atoms with van der Waals surface area (Å²) in [5.74, 6) is 0.931. The smallest absolute Gasteiger partial charge is 0.289 e. The average Bonchev–Trinajstić information content (AvgIpc) is 3.45. The molecule has 3 aromatic rings. The Labute approximate surface area is 180 Å². The fourth-order valence-corrected chi connectivity index (χ4v) is 4.65. The van der Waals surface area contributed by atoms with E-state index < -0.39 is 0 Å². The van der Waals surface area contributed by atoms with Crippen molar-refractivity contribution in [1.29, 1.82) is 0 Å². The molecule has 1 N–H and O–H groups in total. The van der Waals surface area contributed by atoms with Gasteiger partial charge in [-0.3, -0.25) is 9.59 Å². The molecular formula is C25H25N3O3. The van der Waals surface area contributed by atoms with E-state index in [1.807, 2.05) is 48.2 Å². The number of hydrogen-bond donors (Lipinski definition) is 1. The number of benzene rings is 2. The van der Waals surface area contributed by atoms with Gasteiger partial charge in [0.25, 0.3) is 11.8 Å². The second-order valence-corrected chi connectivity index (χ2v) is 8.23. The Morgan fingerprint density at radius 2 is 1.77 bits per heavy atom. The molecule has 6 heteroatoms. The van der Waals surface area contributed by atoms with Crippen LogP contribution in [0, 0.1) is 6.92 Å². The quantitative estimate of drug-likeness (QED) is 0.643. The van der Waals surface area contributed by atoms with Crippen molar-refractivity contribution in [2.24, 2.45) is 5.10 Å². The van der Waals surface area contributed by atoms with Gasteiger partial charge in [-0.1, -0.05) is 36.4 Å². The molecule has 0 bridgehead atoms. The summed E-state index contributed by atoms with van der Waals surface area (Å²) in [7, 11) is 0. The Balaban J connectivity index is 1.43. The van der Waals surface area contributed by atoms with Gasteiger partial charge in [0.05, 0.1) is 5.71 Å². The molecule has 1 saturated heterocycles. The van der Waals surface area contributed by atoms with Crippen molar-refractivity contribution in [3.8, 4) is 0 Å². The van der Waals surface area contributed by atoms with Crippen LogP contribution in [-0.2, 0) is 6.42 Å². The minimum absolute atomic E-state index is 0.0384. The van der Waals surface area contributed by atoms with Gasteiger partial charge in [0, 0.05) is 36.2 Å². The molecule has 1 aliphatic carbocycles. The van der Waals surface area contributed by atoms with Crippen molar-refractivity contribution in [2.45, 2.75) is 39.0 Å². The Kier molecular flexibility index (Phi) is 5.06. The summed E-state index contributed by atoms with van der Waals surface area (Å²) in [6.45, 7) is 3.48. The number of nitrogens with zero attached hydrogens (tertiary/aromatic N) is 2. The van der Waals surface area contributed by atoms with Crippen molar-refractivity contribution in [3.63, 3.8) is 0 Å². The largest absolute Gasteiger partial charge is 0.455 e. The number of rotatable bonds is 3. The zero-order valence-corrected chi connectivity index (χ0v) is 17.6. The predicted octanol–water partition coefficient (Wildman–Crippen LogP) is 4.45. The van der Waals surface area contributed by atoms with Gasteiger partial charge < -0.3 is 9.32 Å². The minimum atomic E-state index is -0.245. The molecule has 2 aromatic carbocycles. The number of carbonyl (C=O) groups excluding carboxylic acids is 2. The maximum atomic E-state index is 12.9. The van der Waals surface area contributed by atoms with Gasteiger partial charge in [0.2, 0.25) is 0 Å². The highest BCUT2D eigenvalue weighted by Crippen LogP contribution is 2.31. The standard InChI is InChI=1S/C25H25N3O3/c1-16-22-20(12-7-13-21(22)31-23(16)25(30)28-14-4-5-15-28)26-27-24(29)19-11-6-9-17-8-2-3-10-18(17)19/h2-3,6,8-11H,4-5,7,12-15H2,1H3,(H,27,29)/b26-20+. The minimum Gasteiger partial charge on any atom is -0.455 e. The number of carbonyl (C=O) groups is 2. The second kappa shape index (κ2) is 8.02. The molecule has 0 saturated carbocycles. The molecule has 2 amide bonds. The maximum Gasteiger partial charge on any atom is 0.289 e. The molecule has 5 rings (SSSR count). The molecule has 0 atom stereocenters. The third kappa shape index (κ3) is 3.52. The van der Waals surface area contributed by atoms with Crippen molar-refractivity contribution in [2.75, 3.05) is 13.1 Å². The van der Waals surface area contributed by atoms with Gasteiger partial charge in [-0.05, 0) is 49.4 Å². The molecule has 1 aromatic heterocycles. The lowest BCUT2D eigenvalue weighted by molar-refractivity contribution is 0.0758. The van der Waals surface area contributed by atoms with Crippen molar-refractivity contribution in [1.82, 2.24) is 10.3 Å². The first kappa shape index (κ1) is 19.5. The molecule has 2 heterocycles. The number of nitrogens with one attached hydrogen (secondary N) is 1. The van der Waals surface area contributed by atoms with Crippen LogP contribution in [0.25, 0.3) is 10.8 Å². The summed E-state index contributed by atoms with van der Waals surface area (Å²) in [5.41, 5.74) is 5.80. The number of hydrogen-bond acceptors (Lipinski definition) is 4. The first-order valence-corrected chi connectivity index (χ1v) is 10.9. The van der Waals surface area contributed by atoms with Gasteiger partial charge in [0.15, 0.2) is 5.76 Å². The zero-order valence-electron chi connectivity index (χ0n) is 17.6. The summed E-state index contributed by atoms with van der Waals surface area (Å²) in [6.07, 6.45) is 4.47. The molecule has 2 aliphatic rings. The number of hydrazone groups is 1. The van der Waals surface area contributed by atoms with Crippen LogP contribution in [-0.4, -0.2) is 35.5 Å². The number of amides is 2. The lowest BCUT2D eigenvalue weighted by atomic mass is 9.93. The first-order valence-electron chi connectivity index (χ1n) is 10.9. The van der Waals surface area contributed by atoms with E-state index in [2.05, 4.69) is 10.5 Å². The van der Waals surface area contributed by atoms with Crippen molar-refractivity contribution >= 4 is 28.3 Å². The summed E-state index contributed by atoms with van der Waals surface area (Å²) < 4.78 is 6.01. The van der Waals surface area contributed by atoms with Crippen LogP contribution < -0.4 is 5.43 Å². The summed E-state index contributed by atoms with van der Waals surface area (Å²) in [5, 5.41) is 6.38. The fourth-order valence-electron chi connectivity index (χ4n) is 4.65. The lowest BCUT2D eigenvalue weighted by Gasteiger charge is -2.14. The number of fused-ring (bicyclic) bond motifs is 2. The van der Waals surface area contributed by atoms with Crippen molar-refractivity contribution in [3.05, 3.63) is 70.7 Å². The van der Waals surface area contributed by atoms with E-state index in [-0.39, 0.29) is 11.8 Å². The SMILES string of the molecule is Cc1c(C(=O)N2CCCC2)oc2c1/C(=N/NC(=O)c1cccc3ccccc13)CCC2. The van der Waals surface area contributed by atoms with E-state index in [1.54, 1.807) is 6.07 Å². The van der Waals surface area contributed by atoms with Crippen molar-refractivity contribution < 1.29 is 14.0 Å². The fraction of sp³-hybridized carbons (Fsp3) is 0.320. The summed E-state index contributed by atoms with van der Waals surface area (Å²) >= 11 is 0. The molecule has 1 aliphatic heterocycles. The third-order valence-corrected chi connectivity index (χ3v) is 6.24. The van der Waals surface area contributed by atoms with Crippen LogP contribution >= 0.6 is 0 Å². The first-order chi connectivity index (χ1) is 15.1. The van der Waals surface area contributed by atoms with E-state index in [0.29, 0.717) is 11.3 Å². The number of furan rings is 1. The Bertz CT molecular complexity index is 1200. The second-order valence-electron chi connectivity index (χ2n) is 8.23. The van der Waals surface area contributed by atoms with Crippen LogP contribution in [0.5, 0.6) is 0 Å². The van der Waals surface area contributed by atoms with E-state index in [1.165, 1.54) is 0 Å². The molecule has 6 nitrogen and oxygen atoms in total. The molecule has 158 valence electrons. The Morgan fingerprint density at radius 3 is 2.61 bits per heavy atom. The van der Waals surface area contributed by atoms with Crippen LogP contribution in [0.4, 0.5) is 0 Å². The molecule has 1 fully saturated rings. The Hall–Kier alpha value is -3.41. The summed E-state index contributed by atoms with van der Waals surface area (Å²) in [4.78, 5) is 27.6. The summed E-state index contributed by atoms with van der Waals surface area (Å²) in [6, 6.07) is 13.5. The van der Waals surface area contributed by atoms with E-state index in [4.69, 9.17) is 4.42 Å². The van der Waals surface area contributed by atoms with Crippen LogP contribution in [0.2, 0.25) is 0 Å². The highest BCUT2D eigenvalue weighted by atomic mass is 16.4. The number of aryl methyl sites for hydroxylation is 1. The van der Waals surface area contributed by atoms with E-state index in [9.17, 15) is 9.59 Å². The van der Waals surface area contributed by atoms with Crippen LogP contribution in [0.3, 0.4) is 0 Å². The predicted molar refractivity (Wildman–Crippen MR) is 119 cm³/mol. The zero-order chi connectivity index (χ0) is 21.4. The molecule has 0 radical (unpaired) electrons. The molecule has 0 unspecified atom stereocenters. The van der Waals surface area contributed by atoms with Gasteiger partial charge in [-0.2, -0.15) is 5.10 Å². The topological polar surface area (TPSA) is 74.9 Å². The third-order valence-electron chi connectivity index (χ3n) is 6.24. The van der Waals surface area contributed by atoms with E-state index in [0.717, 1.165) is 78.6 Å². The highest BCUT2D eigenvalue weighted by Gasteiger charge is 2.31. The van der Waals surface area contributed by atoms with E-state index >= 15 is 0 Å². The van der Waals surface area contributed by atoms with Gasteiger partial charge in [0.1, 0.15) is 5.76 Å². The maximum absolute atomic E-state index is 12.9.